The quantitative estimate of drug-likeness (QED) is 0.302. The van der Waals surface area contributed by atoms with E-state index in [1.807, 2.05) is 0 Å². The van der Waals surface area contributed by atoms with Crippen molar-refractivity contribution in [1.82, 2.24) is 0 Å². The zero-order valence-corrected chi connectivity index (χ0v) is 5.76. The molecular weight excluding hydrogens is 112 g/mol. The van der Waals surface area contributed by atoms with E-state index in [2.05, 4.69) is 6.92 Å². The lowest BCUT2D eigenvalue weighted by Gasteiger charge is -1.82. The van der Waals surface area contributed by atoms with Gasteiger partial charge in [-0.15, -0.1) is 11.6 Å². The lowest BCUT2D eigenvalue weighted by Crippen LogP contribution is -1.87. The van der Waals surface area contributed by atoms with Crippen molar-refractivity contribution in [2.24, 2.45) is 0 Å². The maximum absolute atomic E-state index is 5.39. The molecule has 0 fully saturated rings. The van der Waals surface area contributed by atoms with Gasteiger partial charge in [-0.25, -0.2) is 0 Å². The molecule has 0 saturated carbocycles. The van der Waals surface area contributed by atoms with Gasteiger partial charge in [0.15, 0.2) is 0 Å². The molecule has 2 heteroatoms. The molecule has 0 aromatic carbocycles. The van der Waals surface area contributed by atoms with E-state index in [4.69, 9.17) is 11.6 Å². The number of alkyl halides is 1. The molecule has 2 radical (unpaired) electrons. The second kappa shape index (κ2) is 5.51. The molecule has 0 bridgehead atoms. The third kappa shape index (κ3) is 4.51. The van der Waals surface area contributed by atoms with E-state index in [-0.39, 0.29) is 0 Å². The van der Waals surface area contributed by atoms with Crippen LogP contribution in [0.1, 0.15) is 13.3 Å². The van der Waals surface area contributed by atoms with Crippen molar-refractivity contribution >= 4 is 21.1 Å². The molecule has 0 amide bonds. The van der Waals surface area contributed by atoms with Crippen molar-refractivity contribution in [3.05, 3.63) is 0 Å². The molecule has 0 aromatic heterocycles. The molecular formula is C4H9ClSi. The average Bonchev–Trinajstić information content (AvgIpc) is 1.61. The van der Waals surface area contributed by atoms with Gasteiger partial charge in [0, 0.05) is 5.50 Å². The van der Waals surface area contributed by atoms with E-state index < -0.39 is 0 Å². The van der Waals surface area contributed by atoms with Crippen molar-refractivity contribution in [3.63, 3.8) is 0 Å². The van der Waals surface area contributed by atoms with Gasteiger partial charge in [0.05, 0.1) is 9.52 Å². The van der Waals surface area contributed by atoms with Crippen molar-refractivity contribution < 1.29 is 0 Å². The summed E-state index contributed by atoms with van der Waals surface area (Å²) in [6.07, 6.45) is 1.28. The highest BCUT2D eigenvalue weighted by Crippen LogP contribution is 1.85. The Hall–Kier alpha value is 0.507. The number of hydrogen-bond acceptors (Lipinski definition) is 0. The molecule has 6 heavy (non-hydrogen) atoms. The van der Waals surface area contributed by atoms with Crippen LogP contribution in [0.5, 0.6) is 0 Å². The zero-order valence-electron chi connectivity index (χ0n) is 4.00. The summed E-state index contributed by atoms with van der Waals surface area (Å²) in [4.78, 5) is 0. The Morgan fingerprint density at radius 1 is 1.67 bits per heavy atom. The molecule has 0 rings (SSSR count). The van der Waals surface area contributed by atoms with Crippen molar-refractivity contribution in [2.75, 3.05) is 5.50 Å². The van der Waals surface area contributed by atoms with E-state index in [0.717, 1.165) is 15.0 Å². The molecule has 0 unspecified atom stereocenters. The summed E-state index contributed by atoms with van der Waals surface area (Å²) in [5, 5.41) is 0. The molecule has 0 aliphatic rings. The lowest BCUT2D eigenvalue weighted by molar-refractivity contribution is 1.07. The highest BCUT2D eigenvalue weighted by Gasteiger charge is 1.79. The summed E-state index contributed by atoms with van der Waals surface area (Å²) in [7, 11) is 0.980. The third-order valence-corrected chi connectivity index (χ3v) is 2.13. The van der Waals surface area contributed by atoms with Crippen LogP contribution < -0.4 is 0 Å². The van der Waals surface area contributed by atoms with Crippen LogP contribution in [0, 0.1) is 0 Å². The van der Waals surface area contributed by atoms with E-state index in [1.165, 1.54) is 12.5 Å². The second-order valence-electron chi connectivity index (χ2n) is 1.13. The minimum Gasteiger partial charge on any atom is -0.131 e. The molecule has 0 N–H and O–H groups in total. The first-order valence-corrected chi connectivity index (χ1v) is 4.13. The van der Waals surface area contributed by atoms with Gasteiger partial charge in [-0.2, -0.15) is 0 Å². The summed E-state index contributed by atoms with van der Waals surface area (Å²) in [5.41, 5.74) is 0.855. The van der Waals surface area contributed by atoms with Gasteiger partial charge in [-0.1, -0.05) is 19.4 Å². The maximum Gasteiger partial charge on any atom is 0.0575 e. The van der Waals surface area contributed by atoms with Gasteiger partial charge in [0.25, 0.3) is 0 Å². The molecule has 0 aromatic rings. The lowest BCUT2D eigenvalue weighted by atomic mass is 10.6. The SMILES string of the molecule is CCC[Si]CCl. The molecule has 0 atom stereocenters. The third-order valence-electron chi connectivity index (χ3n) is 0.521. The van der Waals surface area contributed by atoms with Crippen LogP contribution in [0.4, 0.5) is 0 Å². The van der Waals surface area contributed by atoms with Gasteiger partial charge in [0.1, 0.15) is 0 Å². The highest BCUT2D eigenvalue weighted by molar-refractivity contribution is 6.50. The van der Waals surface area contributed by atoms with Crippen molar-refractivity contribution in [1.29, 1.82) is 0 Å². The topological polar surface area (TPSA) is 0 Å². The number of hydrogen-bond donors (Lipinski definition) is 0. The largest absolute Gasteiger partial charge is 0.131 e. The smallest absolute Gasteiger partial charge is 0.0575 e. The van der Waals surface area contributed by atoms with E-state index in [0.29, 0.717) is 0 Å². The van der Waals surface area contributed by atoms with Crippen LogP contribution in [-0.2, 0) is 0 Å². The molecule has 0 spiro atoms. The van der Waals surface area contributed by atoms with Gasteiger partial charge < -0.3 is 0 Å². The molecule has 0 aliphatic heterocycles. The van der Waals surface area contributed by atoms with Crippen LogP contribution in [-0.4, -0.2) is 15.0 Å². The van der Waals surface area contributed by atoms with Crippen LogP contribution >= 0.6 is 11.6 Å². The summed E-state index contributed by atoms with van der Waals surface area (Å²) < 4.78 is 0. The second-order valence-corrected chi connectivity index (χ2v) is 3.20. The summed E-state index contributed by atoms with van der Waals surface area (Å²) in [6, 6.07) is 1.31. The maximum atomic E-state index is 5.39. The van der Waals surface area contributed by atoms with Gasteiger partial charge in [-0.05, 0) is 0 Å². The first kappa shape index (κ1) is 6.51. The fourth-order valence-corrected chi connectivity index (χ4v) is 1.13. The predicted molar refractivity (Wildman–Crippen MR) is 31.6 cm³/mol. The zero-order chi connectivity index (χ0) is 4.83. The van der Waals surface area contributed by atoms with E-state index >= 15 is 0 Å². The van der Waals surface area contributed by atoms with E-state index in [9.17, 15) is 0 Å². The molecule has 0 saturated heterocycles. The van der Waals surface area contributed by atoms with Gasteiger partial charge in [-0.3, -0.25) is 0 Å². The van der Waals surface area contributed by atoms with Crippen LogP contribution in [0.15, 0.2) is 0 Å². The highest BCUT2D eigenvalue weighted by atomic mass is 35.5. The van der Waals surface area contributed by atoms with Crippen LogP contribution in [0.25, 0.3) is 0 Å². The Kier molecular flexibility index (Phi) is 5.97. The van der Waals surface area contributed by atoms with Crippen LogP contribution in [0.3, 0.4) is 0 Å². The van der Waals surface area contributed by atoms with Crippen LogP contribution in [0.2, 0.25) is 6.04 Å². The van der Waals surface area contributed by atoms with Crippen molar-refractivity contribution in [2.45, 2.75) is 19.4 Å². The Bertz CT molecular complexity index is 19.5. The standard InChI is InChI=1S/C4H9ClSi/c1-2-3-6-4-5/h2-4H2,1H3. The minimum atomic E-state index is 0.855. The summed E-state index contributed by atoms with van der Waals surface area (Å²) in [6.45, 7) is 2.18. The molecule has 0 heterocycles. The Labute approximate surface area is 46.7 Å². The molecule has 36 valence electrons. The minimum absolute atomic E-state index is 0.855. The number of halogens is 1. The average molecular weight is 121 g/mol. The Morgan fingerprint density at radius 3 is 2.50 bits per heavy atom. The normalized spacial score (nSPS) is 9.00. The molecule has 0 aliphatic carbocycles. The Morgan fingerprint density at radius 2 is 2.33 bits per heavy atom. The van der Waals surface area contributed by atoms with Gasteiger partial charge in [0.2, 0.25) is 0 Å². The predicted octanol–water partition coefficient (Wildman–Crippen LogP) is 1.72. The van der Waals surface area contributed by atoms with E-state index in [1.54, 1.807) is 0 Å². The molecule has 0 nitrogen and oxygen atoms in total. The summed E-state index contributed by atoms with van der Waals surface area (Å²) >= 11 is 5.39. The number of rotatable bonds is 3. The summed E-state index contributed by atoms with van der Waals surface area (Å²) in [5.74, 6) is 0. The van der Waals surface area contributed by atoms with Crippen molar-refractivity contribution in [3.8, 4) is 0 Å². The Balaban J connectivity index is 2.34. The monoisotopic (exact) mass is 120 g/mol. The van der Waals surface area contributed by atoms with Gasteiger partial charge >= 0.3 is 0 Å². The first-order chi connectivity index (χ1) is 2.91. The fraction of sp³-hybridized carbons (Fsp3) is 1.00. The fourth-order valence-electron chi connectivity index (χ4n) is 0.244. The first-order valence-electron chi connectivity index (χ1n) is 2.18.